The van der Waals surface area contributed by atoms with E-state index < -0.39 is 5.97 Å². The molecule has 0 bridgehead atoms. The highest BCUT2D eigenvalue weighted by Gasteiger charge is 2.24. The second-order valence-corrected chi connectivity index (χ2v) is 11.1. The summed E-state index contributed by atoms with van der Waals surface area (Å²) < 4.78 is 1.87. The third-order valence-electron chi connectivity index (χ3n) is 6.85. The lowest BCUT2D eigenvalue weighted by molar-refractivity contribution is -0.138. The van der Waals surface area contributed by atoms with Crippen LogP contribution in [0.15, 0.2) is 54.9 Å². The Kier molecular flexibility index (Phi) is 7.32. The number of carbonyl (C=O) groups excluding carboxylic acids is 1. The van der Waals surface area contributed by atoms with Crippen molar-refractivity contribution in [2.24, 2.45) is 5.92 Å². The molecule has 0 atom stereocenters. The number of fused-ring (bicyclic) bond motifs is 1. The number of hydrogen-bond donors (Lipinski definition) is 2. The van der Waals surface area contributed by atoms with Crippen molar-refractivity contribution in [1.29, 1.82) is 0 Å². The molecule has 1 saturated carbocycles. The molecule has 0 aliphatic heterocycles. The number of halogens is 2. The molecule has 186 valence electrons. The fourth-order valence-electron chi connectivity index (χ4n) is 4.87. The first-order chi connectivity index (χ1) is 17.4. The molecule has 6 nitrogen and oxygen atoms in total. The van der Waals surface area contributed by atoms with Crippen LogP contribution >= 0.6 is 34.5 Å². The van der Waals surface area contributed by atoms with Crippen molar-refractivity contribution in [3.8, 4) is 10.4 Å². The van der Waals surface area contributed by atoms with Crippen LogP contribution in [0, 0.1) is 5.92 Å². The van der Waals surface area contributed by atoms with Crippen LogP contribution in [0.25, 0.3) is 15.4 Å². The van der Waals surface area contributed by atoms with Crippen LogP contribution in [0.4, 0.5) is 0 Å². The van der Waals surface area contributed by atoms with Gasteiger partial charge in [0.05, 0.1) is 4.88 Å². The van der Waals surface area contributed by atoms with E-state index in [-0.39, 0.29) is 18.9 Å². The van der Waals surface area contributed by atoms with E-state index in [1.165, 1.54) is 16.9 Å². The average Bonchev–Trinajstić information content (AvgIpc) is 3.44. The molecule has 2 heterocycles. The molecule has 5 rings (SSSR count). The van der Waals surface area contributed by atoms with Crippen LogP contribution in [0.3, 0.4) is 0 Å². The van der Waals surface area contributed by atoms with Gasteiger partial charge in [-0.15, -0.1) is 0 Å². The van der Waals surface area contributed by atoms with E-state index in [9.17, 15) is 9.59 Å². The summed E-state index contributed by atoms with van der Waals surface area (Å²) in [5.74, 6) is -0.182. The average molecular weight is 542 g/mol. The number of amides is 1. The molecule has 0 unspecified atom stereocenters. The maximum absolute atomic E-state index is 12.6. The van der Waals surface area contributed by atoms with E-state index in [1.54, 1.807) is 24.4 Å². The molecule has 1 fully saturated rings. The lowest BCUT2D eigenvalue weighted by Crippen LogP contribution is -2.23. The van der Waals surface area contributed by atoms with Crippen molar-refractivity contribution in [1.82, 2.24) is 14.7 Å². The zero-order valence-corrected chi connectivity index (χ0v) is 21.7. The van der Waals surface area contributed by atoms with Gasteiger partial charge in [-0.2, -0.15) is 0 Å². The number of rotatable bonds is 7. The summed E-state index contributed by atoms with van der Waals surface area (Å²) in [6.07, 6.45) is 8.02. The second-order valence-electron chi connectivity index (χ2n) is 9.23. The number of nitrogens with one attached hydrogen (secondary N) is 1. The standard InChI is InChI=1S/C27H25Cl2N3O3S/c28-21-2-1-3-22(29)20(21)13-30-26(35)23-14-32-15-24(36-27(32)31-23)19-10-8-18(9-11-19)17-6-4-16(5-7-17)12-25(33)34/h1-3,8-11,14-17H,4-7,12-13H2,(H,30,35)(H,33,34). The predicted octanol–water partition coefficient (Wildman–Crippen LogP) is 7.05. The highest BCUT2D eigenvalue weighted by Crippen LogP contribution is 2.38. The van der Waals surface area contributed by atoms with Gasteiger partial charge in [0, 0.05) is 41.0 Å². The van der Waals surface area contributed by atoms with Gasteiger partial charge in [-0.3, -0.25) is 14.0 Å². The Hall–Kier alpha value is -2.87. The van der Waals surface area contributed by atoms with Crippen molar-refractivity contribution in [2.75, 3.05) is 0 Å². The minimum atomic E-state index is -0.695. The quantitative estimate of drug-likeness (QED) is 0.262. The molecule has 0 spiro atoms. The lowest BCUT2D eigenvalue weighted by Gasteiger charge is -2.28. The van der Waals surface area contributed by atoms with E-state index >= 15 is 0 Å². The molecule has 4 aromatic rings. The number of aromatic nitrogens is 2. The summed E-state index contributed by atoms with van der Waals surface area (Å²) >= 11 is 13.9. The van der Waals surface area contributed by atoms with Gasteiger partial charge in [0.2, 0.25) is 0 Å². The van der Waals surface area contributed by atoms with Crippen molar-refractivity contribution in [3.05, 3.63) is 81.7 Å². The Labute approximate surface area is 222 Å². The van der Waals surface area contributed by atoms with E-state index in [2.05, 4.69) is 34.6 Å². The van der Waals surface area contributed by atoms with Gasteiger partial charge in [-0.1, -0.05) is 64.9 Å². The van der Waals surface area contributed by atoms with E-state index in [1.807, 2.05) is 10.6 Å². The number of carboxylic acids is 1. The minimum Gasteiger partial charge on any atom is -0.481 e. The van der Waals surface area contributed by atoms with Crippen LogP contribution in [-0.4, -0.2) is 26.4 Å². The summed E-state index contributed by atoms with van der Waals surface area (Å²) in [6.45, 7) is 0.224. The molecule has 0 radical (unpaired) electrons. The monoisotopic (exact) mass is 541 g/mol. The van der Waals surface area contributed by atoms with Gasteiger partial charge in [-0.25, -0.2) is 4.98 Å². The van der Waals surface area contributed by atoms with E-state index in [4.69, 9.17) is 28.3 Å². The summed E-state index contributed by atoms with van der Waals surface area (Å²) in [5.41, 5.74) is 3.43. The predicted molar refractivity (Wildman–Crippen MR) is 143 cm³/mol. The number of nitrogens with zero attached hydrogens (tertiary/aromatic N) is 2. The Morgan fingerprint density at radius 1 is 1.03 bits per heavy atom. The summed E-state index contributed by atoms with van der Waals surface area (Å²) in [7, 11) is 0. The lowest BCUT2D eigenvalue weighted by atomic mass is 9.77. The number of carboxylic acid groups (broad SMARTS) is 1. The van der Waals surface area contributed by atoms with Crippen molar-refractivity contribution >= 4 is 51.4 Å². The number of aliphatic carboxylic acids is 1. The molecule has 0 saturated heterocycles. The highest BCUT2D eigenvalue weighted by molar-refractivity contribution is 7.20. The highest BCUT2D eigenvalue weighted by atomic mass is 35.5. The zero-order valence-electron chi connectivity index (χ0n) is 19.4. The summed E-state index contributed by atoms with van der Waals surface area (Å²) in [5, 5.41) is 12.9. The Balaban J connectivity index is 1.22. The third kappa shape index (κ3) is 5.43. The van der Waals surface area contributed by atoms with Crippen molar-refractivity contribution in [3.63, 3.8) is 0 Å². The van der Waals surface area contributed by atoms with E-state index in [0.29, 0.717) is 33.1 Å². The van der Waals surface area contributed by atoms with Crippen molar-refractivity contribution < 1.29 is 14.7 Å². The molecule has 2 aromatic heterocycles. The smallest absolute Gasteiger partial charge is 0.303 e. The number of thiazole rings is 1. The van der Waals surface area contributed by atoms with Gasteiger partial charge < -0.3 is 10.4 Å². The van der Waals surface area contributed by atoms with Crippen molar-refractivity contribution in [2.45, 2.75) is 44.6 Å². The van der Waals surface area contributed by atoms with Crippen LogP contribution in [0.1, 0.15) is 59.6 Å². The first-order valence-corrected chi connectivity index (χ1v) is 13.5. The van der Waals surface area contributed by atoms with Crippen LogP contribution < -0.4 is 5.32 Å². The third-order valence-corrected chi connectivity index (χ3v) is 8.61. The normalized spacial score (nSPS) is 17.8. The molecule has 1 aliphatic rings. The molecular weight excluding hydrogens is 517 g/mol. The van der Waals surface area contributed by atoms with E-state index in [0.717, 1.165) is 41.1 Å². The topological polar surface area (TPSA) is 83.7 Å². The van der Waals surface area contributed by atoms with Gasteiger partial charge >= 0.3 is 5.97 Å². The molecule has 2 N–H and O–H groups in total. The fraction of sp³-hybridized carbons (Fsp3) is 0.296. The van der Waals surface area contributed by atoms with Gasteiger partial charge in [0.1, 0.15) is 5.69 Å². The molecule has 1 amide bonds. The molecule has 1 aliphatic carbocycles. The van der Waals surface area contributed by atoms with Crippen LogP contribution in [0.2, 0.25) is 10.0 Å². The summed E-state index contributed by atoms with van der Waals surface area (Å²) in [6, 6.07) is 13.9. The second kappa shape index (κ2) is 10.6. The Morgan fingerprint density at radius 2 is 1.72 bits per heavy atom. The van der Waals surface area contributed by atoms with Crippen LogP contribution in [-0.2, 0) is 11.3 Å². The number of hydrogen-bond acceptors (Lipinski definition) is 4. The molecule has 2 aromatic carbocycles. The van der Waals surface area contributed by atoms with Gasteiger partial charge in [0.25, 0.3) is 5.91 Å². The first kappa shape index (κ1) is 24.8. The number of carbonyl (C=O) groups is 2. The molecular formula is C27H25Cl2N3O3S. The molecule has 9 heteroatoms. The molecule has 36 heavy (non-hydrogen) atoms. The maximum atomic E-state index is 12.6. The Morgan fingerprint density at radius 3 is 2.36 bits per heavy atom. The number of imidazole rings is 1. The first-order valence-electron chi connectivity index (χ1n) is 11.9. The minimum absolute atomic E-state index is 0.224. The van der Waals surface area contributed by atoms with Gasteiger partial charge in [-0.05, 0) is 60.8 Å². The maximum Gasteiger partial charge on any atom is 0.303 e. The summed E-state index contributed by atoms with van der Waals surface area (Å²) in [4.78, 5) is 29.9. The largest absolute Gasteiger partial charge is 0.481 e. The zero-order chi connectivity index (χ0) is 25.2. The Bertz CT molecular complexity index is 1350. The van der Waals surface area contributed by atoms with Gasteiger partial charge in [0.15, 0.2) is 4.96 Å². The van der Waals surface area contributed by atoms with Crippen LogP contribution in [0.5, 0.6) is 0 Å². The number of benzene rings is 2. The fourth-order valence-corrected chi connectivity index (χ4v) is 6.37. The SMILES string of the molecule is O=C(O)CC1CCC(c2ccc(-c3cn4cc(C(=O)NCc5c(Cl)cccc5Cl)nc4s3)cc2)CC1.